The number of anilines is 1. The molecule has 1 heterocycles. The van der Waals surface area contributed by atoms with Crippen molar-refractivity contribution < 1.29 is 19.1 Å². The van der Waals surface area contributed by atoms with E-state index in [0.717, 1.165) is 10.6 Å². The Morgan fingerprint density at radius 1 is 1.07 bits per heavy atom. The minimum atomic E-state index is -0.875. The molecule has 144 valence electrons. The summed E-state index contributed by atoms with van der Waals surface area (Å²) in [6.07, 6.45) is -1.28. The van der Waals surface area contributed by atoms with Gasteiger partial charge in [0.05, 0.1) is 5.69 Å². The van der Waals surface area contributed by atoms with E-state index in [1.807, 2.05) is 19.1 Å². The number of para-hydroxylation sites is 2. The van der Waals surface area contributed by atoms with E-state index in [1.165, 1.54) is 4.90 Å². The zero-order chi connectivity index (χ0) is 20.3. The van der Waals surface area contributed by atoms with Gasteiger partial charge in [-0.25, -0.2) is 0 Å². The number of hydrazine groups is 1. The zero-order valence-corrected chi connectivity index (χ0v) is 16.2. The molecule has 1 saturated heterocycles. The van der Waals surface area contributed by atoms with Crippen molar-refractivity contribution in [2.45, 2.75) is 26.4 Å². The predicted octanol–water partition coefficient (Wildman–Crippen LogP) is 2.34. The smallest absolute Gasteiger partial charge is 0.279 e. The molecular formula is C20H19N3O4S. The maximum atomic E-state index is 12.5. The number of aryl methyl sites for hydroxylation is 1. The molecule has 2 aromatic carbocycles. The summed E-state index contributed by atoms with van der Waals surface area (Å²) in [7, 11) is 0. The van der Waals surface area contributed by atoms with E-state index in [0.29, 0.717) is 11.4 Å². The summed E-state index contributed by atoms with van der Waals surface area (Å²) in [5.41, 5.74) is 3.87. The number of hydrogen-bond donors (Lipinski definition) is 1. The second-order valence-corrected chi connectivity index (χ2v) is 6.62. The zero-order valence-electron chi connectivity index (χ0n) is 15.4. The van der Waals surface area contributed by atoms with Crippen LogP contribution < -0.4 is 15.1 Å². The van der Waals surface area contributed by atoms with Crippen molar-refractivity contribution in [2.24, 2.45) is 0 Å². The average Bonchev–Trinajstić information content (AvgIpc) is 2.67. The number of ether oxygens (including phenoxy) is 1. The molecule has 0 aromatic heterocycles. The molecule has 1 unspecified atom stereocenters. The highest BCUT2D eigenvalue weighted by Crippen LogP contribution is 2.21. The fourth-order valence-electron chi connectivity index (χ4n) is 2.68. The Balaban J connectivity index is 1.74. The molecule has 0 aliphatic carbocycles. The highest BCUT2D eigenvalue weighted by molar-refractivity contribution is 7.80. The normalized spacial score (nSPS) is 15.4. The van der Waals surface area contributed by atoms with Crippen LogP contribution in [0.3, 0.4) is 0 Å². The third-order valence-electron chi connectivity index (χ3n) is 4.19. The summed E-state index contributed by atoms with van der Waals surface area (Å²) in [5, 5.41) is 0.813. The van der Waals surface area contributed by atoms with Crippen LogP contribution in [0, 0.1) is 6.92 Å². The van der Waals surface area contributed by atoms with Crippen LogP contribution in [0.5, 0.6) is 5.75 Å². The number of carbonyl (C=O) groups is 3. The van der Waals surface area contributed by atoms with Gasteiger partial charge in [0.1, 0.15) is 12.2 Å². The van der Waals surface area contributed by atoms with Crippen molar-refractivity contribution in [1.29, 1.82) is 0 Å². The number of thiocarbonyl (C=S) groups is 1. The van der Waals surface area contributed by atoms with Gasteiger partial charge in [0.25, 0.3) is 11.8 Å². The molecule has 1 aliphatic rings. The van der Waals surface area contributed by atoms with Crippen LogP contribution in [-0.2, 0) is 14.4 Å². The minimum absolute atomic E-state index is 0.108. The largest absolute Gasteiger partial charge is 0.481 e. The van der Waals surface area contributed by atoms with E-state index in [-0.39, 0.29) is 5.11 Å². The van der Waals surface area contributed by atoms with E-state index in [4.69, 9.17) is 17.0 Å². The van der Waals surface area contributed by atoms with E-state index < -0.39 is 30.2 Å². The summed E-state index contributed by atoms with van der Waals surface area (Å²) in [6, 6.07) is 16.0. The van der Waals surface area contributed by atoms with Gasteiger partial charge in [-0.1, -0.05) is 36.4 Å². The van der Waals surface area contributed by atoms with Crippen molar-refractivity contribution in [3.63, 3.8) is 0 Å². The molecule has 1 aliphatic heterocycles. The molecule has 8 heteroatoms. The third kappa shape index (κ3) is 4.01. The van der Waals surface area contributed by atoms with Crippen LogP contribution in [-0.4, -0.2) is 33.9 Å². The number of nitrogens with one attached hydrogen (secondary N) is 1. The van der Waals surface area contributed by atoms with Gasteiger partial charge in [-0.2, -0.15) is 5.01 Å². The Labute approximate surface area is 167 Å². The van der Waals surface area contributed by atoms with E-state index in [1.54, 1.807) is 49.4 Å². The van der Waals surface area contributed by atoms with Crippen LogP contribution in [0.2, 0.25) is 0 Å². The predicted molar refractivity (Wildman–Crippen MR) is 107 cm³/mol. The number of nitrogens with zero attached hydrogens (tertiary/aromatic N) is 2. The fourth-order valence-corrected chi connectivity index (χ4v) is 3.03. The molecule has 1 fully saturated rings. The van der Waals surface area contributed by atoms with Gasteiger partial charge < -0.3 is 4.74 Å². The average molecular weight is 397 g/mol. The summed E-state index contributed by atoms with van der Waals surface area (Å²) < 4.78 is 5.68. The van der Waals surface area contributed by atoms with E-state index in [2.05, 4.69) is 5.43 Å². The second kappa shape index (κ2) is 8.18. The first-order valence-corrected chi connectivity index (χ1v) is 9.07. The molecule has 0 saturated carbocycles. The molecule has 1 atom stereocenters. The maximum absolute atomic E-state index is 12.5. The molecule has 0 bridgehead atoms. The lowest BCUT2D eigenvalue weighted by molar-refractivity contribution is -0.142. The summed E-state index contributed by atoms with van der Waals surface area (Å²) in [6.45, 7) is 3.44. The lowest BCUT2D eigenvalue weighted by Crippen LogP contribution is -2.62. The van der Waals surface area contributed by atoms with Crippen molar-refractivity contribution in [1.82, 2.24) is 10.4 Å². The number of rotatable bonds is 5. The van der Waals surface area contributed by atoms with Crippen molar-refractivity contribution in [3.8, 4) is 5.75 Å². The Hall–Kier alpha value is -3.26. The lowest BCUT2D eigenvalue weighted by Gasteiger charge is -2.35. The van der Waals surface area contributed by atoms with Gasteiger partial charge in [-0.15, -0.1) is 0 Å². The highest BCUT2D eigenvalue weighted by Gasteiger charge is 2.37. The molecule has 28 heavy (non-hydrogen) atoms. The van der Waals surface area contributed by atoms with Gasteiger partial charge in [0.2, 0.25) is 11.0 Å². The summed E-state index contributed by atoms with van der Waals surface area (Å²) in [5.74, 6) is -1.03. The highest BCUT2D eigenvalue weighted by atomic mass is 32.1. The van der Waals surface area contributed by atoms with Crippen LogP contribution >= 0.6 is 12.2 Å². The molecular weight excluding hydrogens is 378 g/mol. The quantitative estimate of drug-likeness (QED) is 0.619. The number of benzene rings is 2. The molecule has 3 amide bonds. The lowest BCUT2D eigenvalue weighted by atomic mass is 10.2. The van der Waals surface area contributed by atoms with Gasteiger partial charge in [-0.3, -0.25) is 24.7 Å². The van der Waals surface area contributed by atoms with Crippen molar-refractivity contribution >= 4 is 40.7 Å². The SMILES string of the molecule is Cc1ccccc1OC(C)C(=O)NN1C(=O)CC(=O)N(c2ccccc2)C1=S. The van der Waals surface area contributed by atoms with Crippen LogP contribution in [0.25, 0.3) is 0 Å². The van der Waals surface area contributed by atoms with Crippen LogP contribution in [0.1, 0.15) is 18.9 Å². The first-order chi connectivity index (χ1) is 13.4. The first-order valence-electron chi connectivity index (χ1n) is 8.66. The van der Waals surface area contributed by atoms with Gasteiger partial charge in [0, 0.05) is 0 Å². The summed E-state index contributed by atoms with van der Waals surface area (Å²) >= 11 is 5.29. The summed E-state index contributed by atoms with van der Waals surface area (Å²) in [4.78, 5) is 38.4. The van der Waals surface area contributed by atoms with Gasteiger partial charge >= 0.3 is 0 Å². The number of carbonyl (C=O) groups excluding carboxylic acids is 3. The first kappa shape index (κ1) is 19.5. The molecule has 0 radical (unpaired) electrons. The second-order valence-electron chi connectivity index (χ2n) is 6.25. The molecule has 0 spiro atoms. The molecule has 2 aromatic rings. The van der Waals surface area contributed by atoms with Gasteiger partial charge in [0.15, 0.2) is 6.10 Å². The number of amides is 3. The standard InChI is InChI=1S/C20H19N3O4S/c1-13-8-6-7-11-16(13)27-14(2)19(26)21-23-18(25)12-17(24)22(20(23)28)15-9-4-3-5-10-15/h3-11,14H,12H2,1-2H3,(H,21,26). The Kier molecular flexibility index (Phi) is 5.70. The van der Waals surface area contributed by atoms with Crippen molar-refractivity contribution in [3.05, 3.63) is 60.2 Å². The molecule has 7 nitrogen and oxygen atoms in total. The van der Waals surface area contributed by atoms with Crippen LogP contribution in [0.15, 0.2) is 54.6 Å². The maximum Gasteiger partial charge on any atom is 0.279 e. The topological polar surface area (TPSA) is 79.0 Å². The van der Waals surface area contributed by atoms with E-state index in [9.17, 15) is 14.4 Å². The van der Waals surface area contributed by atoms with Crippen LogP contribution in [0.4, 0.5) is 5.69 Å². The Bertz CT molecular complexity index is 932. The molecule has 3 rings (SSSR count). The monoisotopic (exact) mass is 397 g/mol. The Morgan fingerprint density at radius 3 is 2.39 bits per heavy atom. The third-order valence-corrected chi connectivity index (χ3v) is 4.55. The van der Waals surface area contributed by atoms with Gasteiger partial charge in [-0.05, 0) is 49.8 Å². The Morgan fingerprint density at radius 2 is 1.71 bits per heavy atom. The van der Waals surface area contributed by atoms with E-state index >= 15 is 0 Å². The fraction of sp³-hybridized carbons (Fsp3) is 0.200. The molecule has 1 N–H and O–H groups in total. The minimum Gasteiger partial charge on any atom is -0.481 e. The van der Waals surface area contributed by atoms with Crippen molar-refractivity contribution in [2.75, 3.05) is 4.90 Å². The number of hydrogen-bond acceptors (Lipinski definition) is 5.